The Morgan fingerprint density at radius 2 is 2.18 bits per heavy atom. The third kappa shape index (κ3) is 3.31. The van der Waals surface area contributed by atoms with Gasteiger partial charge in [-0.3, -0.25) is 4.79 Å². The summed E-state index contributed by atoms with van der Waals surface area (Å²) >= 11 is 0. The minimum atomic E-state index is -0.701. The van der Waals surface area contributed by atoms with Crippen LogP contribution >= 0.6 is 0 Å². The molecule has 3 atom stereocenters. The molecule has 0 bridgehead atoms. The number of carbonyl (C=O) groups is 1. The van der Waals surface area contributed by atoms with Crippen LogP contribution in [0, 0.1) is 0 Å². The summed E-state index contributed by atoms with van der Waals surface area (Å²) in [4.78, 5) is 13.7. The first-order valence-corrected chi connectivity index (χ1v) is 5.02. The summed E-state index contributed by atoms with van der Waals surface area (Å²) in [5.74, 6) is -0.477. The van der Waals surface area contributed by atoms with Crippen LogP contribution in [0.15, 0.2) is 5.11 Å². The van der Waals surface area contributed by atoms with Crippen molar-refractivity contribution in [1.82, 2.24) is 0 Å². The SMILES string of the molecule is COC(OC)[C@@H]1OCC(N=[N+]=[N-])[C@H]1OC(C)=O. The van der Waals surface area contributed by atoms with E-state index in [0.717, 1.165) is 0 Å². The van der Waals surface area contributed by atoms with Gasteiger partial charge in [-0.1, -0.05) is 5.11 Å². The molecule has 1 aliphatic rings. The van der Waals surface area contributed by atoms with E-state index in [1.165, 1.54) is 21.1 Å². The highest BCUT2D eigenvalue weighted by Crippen LogP contribution is 2.25. The van der Waals surface area contributed by atoms with Crippen LogP contribution in [0.5, 0.6) is 0 Å². The monoisotopic (exact) mass is 245 g/mol. The lowest BCUT2D eigenvalue weighted by Gasteiger charge is -2.25. The average Bonchev–Trinajstić information content (AvgIpc) is 2.65. The average molecular weight is 245 g/mol. The number of ether oxygens (including phenoxy) is 4. The van der Waals surface area contributed by atoms with E-state index in [4.69, 9.17) is 24.5 Å². The molecule has 0 aliphatic carbocycles. The molecule has 0 aromatic rings. The summed E-state index contributed by atoms with van der Waals surface area (Å²) in [6, 6.07) is -0.568. The maximum atomic E-state index is 11.0. The molecule has 8 nitrogen and oxygen atoms in total. The van der Waals surface area contributed by atoms with E-state index in [9.17, 15) is 4.79 Å². The van der Waals surface area contributed by atoms with Gasteiger partial charge in [0.2, 0.25) is 0 Å². The van der Waals surface area contributed by atoms with Crippen LogP contribution in [0.25, 0.3) is 10.4 Å². The Kier molecular flexibility index (Phi) is 5.17. The zero-order valence-corrected chi connectivity index (χ0v) is 9.90. The third-order valence-corrected chi connectivity index (χ3v) is 2.40. The molecule has 0 N–H and O–H groups in total. The third-order valence-electron chi connectivity index (χ3n) is 2.40. The highest BCUT2D eigenvalue weighted by molar-refractivity contribution is 5.66. The lowest BCUT2D eigenvalue weighted by molar-refractivity contribution is -0.193. The van der Waals surface area contributed by atoms with Crippen molar-refractivity contribution in [2.24, 2.45) is 5.11 Å². The Morgan fingerprint density at radius 3 is 2.65 bits per heavy atom. The molecule has 1 unspecified atom stereocenters. The number of esters is 1. The van der Waals surface area contributed by atoms with Gasteiger partial charge < -0.3 is 18.9 Å². The molecule has 1 fully saturated rings. The number of hydrogen-bond acceptors (Lipinski definition) is 6. The van der Waals surface area contributed by atoms with Crippen molar-refractivity contribution in [1.29, 1.82) is 0 Å². The van der Waals surface area contributed by atoms with Crippen LogP contribution in [0.1, 0.15) is 6.92 Å². The van der Waals surface area contributed by atoms with Gasteiger partial charge in [0.25, 0.3) is 0 Å². The van der Waals surface area contributed by atoms with E-state index >= 15 is 0 Å². The minimum absolute atomic E-state index is 0.163. The largest absolute Gasteiger partial charge is 0.459 e. The molecule has 96 valence electrons. The molecule has 0 aromatic carbocycles. The van der Waals surface area contributed by atoms with Gasteiger partial charge in [-0.25, -0.2) is 0 Å². The Morgan fingerprint density at radius 1 is 1.53 bits per heavy atom. The van der Waals surface area contributed by atoms with Crippen LogP contribution in [0.4, 0.5) is 0 Å². The van der Waals surface area contributed by atoms with Gasteiger partial charge in [0.05, 0.1) is 6.61 Å². The summed E-state index contributed by atoms with van der Waals surface area (Å²) in [5, 5.41) is 3.53. The number of carbonyl (C=O) groups excluding carboxylic acids is 1. The number of methoxy groups -OCH3 is 2. The second kappa shape index (κ2) is 6.41. The summed E-state index contributed by atoms with van der Waals surface area (Å²) < 4.78 is 20.6. The highest BCUT2D eigenvalue weighted by Gasteiger charge is 2.44. The number of hydrogen-bond donors (Lipinski definition) is 0. The lowest BCUT2D eigenvalue weighted by Crippen LogP contribution is -2.42. The first-order valence-electron chi connectivity index (χ1n) is 5.02. The molecule has 0 aromatic heterocycles. The van der Waals surface area contributed by atoms with E-state index in [2.05, 4.69) is 10.0 Å². The van der Waals surface area contributed by atoms with E-state index in [-0.39, 0.29) is 6.61 Å². The summed E-state index contributed by atoms with van der Waals surface area (Å²) in [5.41, 5.74) is 8.42. The molecule has 0 saturated carbocycles. The van der Waals surface area contributed by atoms with E-state index in [0.29, 0.717) is 0 Å². The summed E-state index contributed by atoms with van der Waals surface area (Å²) in [6.45, 7) is 1.44. The molecule has 1 rings (SSSR count). The molecule has 1 heterocycles. The number of nitrogens with zero attached hydrogens (tertiary/aromatic N) is 3. The molecule has 8 heteroatoms. The second-order valence-electron chi connectivity index (χ2n) is 3.48. The normalized spacial score (nSPS) is 27.9. The second-order valence-corrected chi connectivity index (χ2v) is 3.48. The predicted molar refractivity (Wildman–Crippen MR) is 56.0 cm³/mol. The molecule has 17 heavy (non-hydrogen) atoms. The Labute approximate surface area is 98.4 Å². The maximum absolute atomic E-state index is 11.0. The van der Waals surface area contributed by atoms with Gasteiger partial charge in [0, 0.05) is 26.1 Å². The van der Waals surface area contributed by atoms with Crippen LogP contribution in [-0.2, 0) is 23.7 Å². The van der Waals surface area contributed by atoms with E-state index in [1.54, 1.807) is 0 Å². The Bertz CT molecular complexity index is 314. The van der Waals surface area contributed by atoms with Crippen molar-refractivity contribution in [3.05, 3.63) is 10.4 Å². The van der Waals surface area contributed by atoms with Gasteiger partial charge >= 0.3 is 5.97 Å². The summed E-state index contributed by atoms with van der Waals surface area (Å²) in [6.07, 6.45) is -1.99. The van der Waals surface area contributed by atoms with Crippen molar-refractivity contribution >= 4 is 5.97 Å². The van der Waals surface area contributed by atoms with Gasteiger partial charge in [-0.2, -0.15) is 0 Å². The quantitative estimate of drug-likeness (QED) is 0.232. The highest BCUT2D eigenvalue weighted by atomic mass is 16.7. The van der Waals surface area contributed by atoms with Crippen molar-refractivity contribution in [2.45, 2.75) is 31.5 Å². The Balaban J connectivity index is 2.82. The first-order chi connectivity index (χ1) is 8.13. The first kappa shape index (κ1) is 13.7. The summed E-state index contributed by atoms with van der Waals surface area (Å²) in [7, 11) is 2.90. The van der Waals surface area contributed by atoms with Crippen molar-refractivity contribution < 1.29 is 23.7 Å². The van der Waals surface area contributed by atoms with Crippen LogP contribution in [-0.4, -0.2) is 51.3 Å². The molecule has 0 amide bonds. The molecule has 1 saturated heterocycles. The molecular weight excluding hydrogens is 230 g/mol. The fraction of sp³-hybridized carbons (Fsp3) is 0.889. The zero-order chi connectivity index (χ0) is 12.8. The molecule has 0 spiro atoms. The van der Waals surface area contributed by atoms with Gasteiger partial charge in [-0.05, 0) is 5.53 Å². The van der Waals surface area contributed by atoms with Gasteiger partial charge in [0.1, 0.15) is 18.2 Å². The minimum Gasteiger partial charge on any atom is -0.459 e. The fourth-order valence-corrected chi connectivity index (χ4v) is 1.72. The Hall–Kier alpha value is -1.34. The number of azide groups is 1. The zero-order valence-electron chi connectivity index (χ0n) is 9.90. The van der Waals surface area contributed by atoms with Crippen LogP contribution in [0.2, 0.25) is 0 Å². The smallest absolute Gasteiger partial charge is 0.303 e. The standard InChI is InChI=1S/C9H15N3O5/c1-5(13)17-7-6(11-12-10)4-16-8(7)9(14-2)15-3/h6-9H,4H2,1-3H3/t6?,7-,8-/m1/s1. The van der Waals surface area contributed by atoms with Crippen molar-refractivity contribution in [3.8, 4) is 0 Å². The molecule has 0 radical (unpaired) electrons. The van der Waals surface area contributed by atoms with Crippen molar-refractivity contribution in [3.63, 3.8) is 0 Å². The predicted octanol–water partition coefficient (Wildman–Crippen LogP) is 0.615. The lowest BCUT2D eigenvalue weighted by atomic mass is 10.1. The van der Waals surface area contributed by atoms with Crippen LogP contribution in [0.3, 0.4) is 0 Å². The van der Waals surface area contributed by atoms with E-state index in [1.807, 2.05) is 0 Å². The van der Waals surface area contributed by atoms with Gasteiger partial charge in [-0.15, -0.1) is 0 Å². The maximum Gasteiger partial charge on any atom is 0.303 e. The van der Waals surface area contributed by atoms with Crippen LogP contribution < -0.4 is 0 Å². The number of rotatable bonds is 5. The fourth-order valence-electron chi connectivity index (χ4n) is 1.72. The van der Waals surface area contributed by atoms with Crippen molar-refractivity contribution in [2.75, 3.05) is 20.8 Å². The van der Waals surface area contributed by atoms with Gasteiger partial charge in [0.15, 0.2) is 6.29 Å². The topological polar surface area (TPSA) is 103 Å². The molecule has 1 aliphatic heterocycles. The molecular formula is C9H15N3O5. The van der Waals surface area contributed by atoms with E-state index < -0.39 is 30.5 Å².